The fraction of sp³-hybridized carbons (Fsp3) is 0.375. The van der Waals surface area contributed by atoms with Gasteiger partial charge in [-0.2, -0.15) is 13.2 Å². The minimum absolute atomic E-state index is 0.300. The first kappa shape index (κ1) is 17.8. The Kier molecular flexibility index (Phi) is 4.81. The van der Waals surface area contributed by atoms with Gasteiger partial charge in [-0.3, -0.25) is 4.79 Å². The second-order valence-electron chi connectivity index (χ2n) is 5.84. The number of halogens is 3. The van der Waals surface area contributed by atoms with Crippen molar-refractivity contribution in [2.75, 3.05) is 18.5 Å². The van der Waals surface area contributed by atoms with Crippen molar-refractivity contribution in [3.63, 3.8) is 0 Å². The molecular weight excluding hydrogens is 355 g/mol. The second-order valence-corrected chi connectivity index (χ2v) is 6.70. The van der Waals surface area contributed by atoms with E-state index in [-0.39, 0.29) is 5.91 Å². The summed E-state index contributed by atoms with van der Waals surface area (Å²) in [4.78, 5) is 16.5. The maximum atomic E-state index is 12.8. The first-order chi connectivity index (χ1) is 11.8. The Morgan fingerprint density at radius 1 is 1.32 bits per heavy atom. The molecule has 5 nitrogen and oxygen atoms in total. The number of nitrogens with one attached hydrogen (secondary N) is 1. The van der Waals surface area contributed by atoms with Crippen molar-refractivity contribution in [3.05, 3.63) is 35.2 Å². The van der Waals surface area contributed by atoms with E-state index < -0.39 is 17.3 Å². The molecule has 0 saturated carbocycles. The van der Waals surface area contributed by atoms with E-state index in [1.165, 1.54) is 6.07 Å². The van der Waals surface area contributed by atoms with Gasteiger partial charge in [0.15, 0.2) is 5.13 Å². The quantitative estimate of drug-likeness (QED) is 0.868. The van der Waals surface area contributed by atoms with Gasteiger partial charge in [0.25, 0.3) is 0 Å². The van der Waals surface area contributed by atoms with E-state index in [1.807, 2.05) is 0 Å². The summed E-state index contributed by atoms with van der Waals surface area (Å²) < 4.78 is 43.6. The van der Waals surface area contributed by atoms with Crippen molar-refractivity contribution >= 4 is 22.4 Å². The Morgan fingerprint density at radius 2 is 2.04 bits per heavy atom. The number of rotatable bonds is 3. The molecule has 1 saturated heterocycles. The number of alkyl halides is 3. The summed E-state index contributed by atoms with van der Waals surface area (Å²) in [5, 5.41) is 4.55. The van der Waals surface area contributed by atoms with Crippen molar-refractivity contribution in [1.82, 2.24) is 4.98 Å². The molecule has 3 rings (SSSR count). The number of nitrogens with zero attached hydrogens (tertiary/aromatic N) is 1. The van der Waals surface area contributed by atoms with Crippen LogP contribution in [0.15, 0.2) is 29.6 Å². The number of amides is 1. The average Bonchev–Trinajstić information content (AvgIpc) is 3.03. The summed E-state index contributed by atoms with van der Waals surface area (Å²) in [5.41, 5.74) is 5.04. The van der Waals surface area contributed by atoms with Gasteiger partial charge < -0.3 is 15.8 Å². The van der Waals surface area contributed by atoms with Crippen LogP contribution < -0.4 is 11.1 Å². The number of benzene rings is 1. The van der Waals surface area contributed by atoms with Crippen molar-refractivity contribution in [2.24, 2.45) is 5.73 Å². The third kappa shape index (κ3) is 4.00. The van der Waals surface area contributed by atoms with E-state index in [2.05, 4.69) is 10.3 Å². The number of thiazole rings is 1. The van der Waals surface area contributed by atoms with E-state index in [9.17, 15) is 18.0 Å². The van der Waals surface area contributed by atoms with Crippen LogP contribution in [0.3, 0.4) is 0 Å². The molecule has 134 valence electrons. The Hall–Kier alpha value is -1.97. The number of hydrogen-bond donors (Lipinski definition) is 2. The number of hydrogen-bond acceptors (Lipinski definition) is 5. The molecule has 9 heteroatoms. The predicted octanol–water partition coefficient (Wildman–Crippen LogP) is 3.28. The third-order valence-corrected chi connectivity index (χ3v) is 4.81. The minimum Gasteiger partial charge on any atom is -0.381 e. The zero-order chi connectivity index (χ0) is 18.1. The Bertz CT molecular complexity index is 770. The fourth-order valence-electron chi connectivity index (χ4n) is 2.50. The summed E-state index contributed by atoms with van der Waals surface area (Å²) in [6.07, 6.45) is -3.60. The van der Waals surface area contributed by atoms with E-state index in [0.29, 0.717) is 42.4 Å². The molecule has 1 amide bonds. The first-order valence-corrected chi connectivity index (χ1v) is 8.47. The lowest BCUT2D eigenvalue weighted by Gasteiger charge is -2.31. The van der Waals surface area contributed by atoms with E-state index in [4.69, 9.17) is 10.5 Å². The standard InChI is InChI=1S/C16H16F3N3O2S/c17-16(18,19)11-3-1-2-10(8-11)12-9-25-14(21-12)22-13(23)15(20)4-6-24-7-5-15/h1-3,8-9H,4-7,20H2,(H,21,22,23). The van der Waals surface area contributed by atoms with Crippen LogP contribution in [0.5, 0.6) is 0 Å². The highest BCUT2D eigenvalue weighted by Gasteiger charge is 2.36. The molecule has 3 N–H and O–H groups in total. The van der Waals surface area contributed by atoms with E-state index >= 15 is 0 Å². The number of anilines is 1. The molecule has 0 spiro atoms. The Labute approximate surface area is 146 Å². The van der Waals surface area contributed by atoms with Gasteiger partial charge in [0.1, 0.15) is 5.54 Å². The lowest BCUT2D eigenvalue weighted by atomic mass is 9.90. The van der Waals surface area contributed by atoms with Crippen molar-refractivity contribution in [3.8, 4) is 11.3 Å². The predicted molar refractivity (Wildman–Crippen MR) is 88.2 cm³/mol. The highest BCUT2D eigenvalue weighted by molar-refractivity contribution is 7.14. The molecule has 1 fully saturated rings. The number of nitrogens with two attached hydrogens (primary N) is 1. The van der Waals surface area contributed by atoms with Crippen molar-refractivity contribution < 1.29 is 22.7 Å². The van der Waals surface area contributed by atoms with Crippen LogP contribution in [0, 0.1) is 0 Å². The van der Waals surface area contributed by atoms with Crippen LogP contribution in [-0.2, 0) is 15.7 Å². The highest BCUT2D eigenvalue weighted by atomic mass is 32.1. The second kappa shape index (κ2) is 6.74. The van der Waals surface area contributed by atoms with Crippen LogP contribution in [0.1, 0.15) is 18.4 Å². The topological polar surface area (TPSA) is 77.2 Å². The SMILES string of the molecule is NC1(C(=O)Nc2nc(-c3cccc(C(F)(F)F)c3)cs2)CCOCC1. The summed E-state index contributed by atoms with van der Waals surface area (Å²) in [5.74, 6) is -0.360. The Morgan fingerprint density at radius 3 is 2.72 bits per heavy atom. The van der Waals surface area contributed by atoms with Gasteiger partial charge in [0.2, 0.25) is 5.91 Å². The summed E-state index contributed by atoms with van der Waals surface area (Å²) in [6, 6.07) is 4.90. The molecule has 0 unspecified atom stereocenters. The molecule has 0 radical (unpaired) electrons. The number of ether oxygens (including phenoxy) is 1. The minimum atomic E-state index is -4.42. The van der Waals surface area contributed by atoms with Crippen molar-refractivity contribution in [2.45, 2.75) is 24.6 Å². The van der Waals surface area contributed by atoms with Gasteiger partial charge in [0.05, 0.1) is 11.3 Å². The number of carbonyl (C=O) groups is 1. The maximum absolute atomic E-state index is 12.8. The normalized spacial score (nSPS) is 17.3. The molecule has 2 heterocycles. The molecule has 0 bridgehead atoms. The fourth-order valence-corrected chi connectivity index (χ4v) is 3.22. The molecule has 1 aromatic carbocycles. The van der Waals surface area contributed by atoms with Crippen LogP contribution in [0.4, 0.5) is 18.3 Å². The lowest BCUT2D eigenvalue weighted by Crippen LogP contribution is -2.54. The smallest absolute Gasteiger partial charge is 0.381 e. The van der Waals surface area contributed by atoms with E-state index in [0.717, 1.165) is 23.5 Å². The molecule has 0 aliphatic carbocycles. The van der Waals surface area contributed by atoms with Crippen LogP contribution >= 0.6 is 11.3 Å². The highest BCUT2D eigenvalue weighted by Crippen LogP contribution is 2.33. The third-order valence-electron chi connectivity index (χ3n) is 4.05. The first-order valence-electron chi connectivity index (χ1n) is 7.59. The monoisotopic (exact) mass is 371 g/mol. The summed E-state index contributed by atoms with van der Waals surface area (Å²) in [6.45, 7) is 0.828. The van der Waals surface area contributed by atoms with Gasteiger partial charge in [0, 0.05) is 24.2 Å². The van der Waals surface area contributed by atoms with Gasteiger partial charge in [-0.05, 0) is 25.0 Å². The molecule has 25 heavy (non-hydrogen) atoms. The molecule has 2 aromatic rings. The lowest BCUT2D eigenvalue weighted by molar-refractivity contribution is -0.137. The van der Waals surface area contributed by atoms with Gasteiger partial charge in [-0.25, -0.2) is 4.98 Å². The zero-order valence-electron chi connectivity index (χ0n) is 13.1. The van der Waals surface area contributed by atoms with Crippen LogP contribution in [0.2, 0.25) is 0 Å². The summed E-state index contributed by atoms with van der Waals surface area (Å²) >= 11 is 1.14. The van der Waals surface area contributed by atoms with Crippen molar-refractivity contribution in [1.29, 1.82) is 0 Å². The number of aromatic nitrogens is 1. The molecule has 0 atom stereocenters. The largest absolute Gasteiger partial charge is 0.416 e. The van der Waals surface area contributed by atoms with Gasteiger partial charge in [-0.15, -0.1) is 11.3 Å². The average molecular weight is 371 g/mol. The van der Waals surface area contributed by atoms with Gasteiger partial charge in [-0.1, -0.05) is 12.1 Å². The molecule has 1 aromatic heterocycles. The zero-order valence-corrected chi connectivity index (χ0v) is 13.9. The Balaban J connectivity index is 1.76. The molecular formula is C16H16F3N3O2S. The maximum Gasteiger partial charge on any atom is 0.416 e. The van der Waals surface area contributed by atoms with E-state index in [1.54, 1.807) is 11.4 Å². The van der Waals surface area contributed by atoms with Crippen LogP contribution in [0.25, 0.3) is 11.3 Å². The molecule has 1 aliphatic heterocycles. The van der Waals surface area contributed by atoms with Gasteiger partial charge >= 0.3 is 6.18 Å². The summed E-state index contributed by atoms with van der Waals surface area (Å²) in [7, 11) is 0. The van der Waals surface area contributed by atoms with Crippen LogP contribution in [-0.4, -0.2) is 29.6 Å². The number of carbonyl (C=O) groups excluding carboxylic acids is 1. The molecule has 1 aliphatic rings.